The molecule has 3 aromatic rings. The van der Waals surface area contributed by atoms with Crippen molar-refractivity contribution in [3.8, 4) is 11.3 Å². The Labute approximate surface area is 151 Å². The molecule has 128 valence electrons. The third kappa shape index (κ3) is 2.76. The molecular weight excluding hydrogens is 302 g/mol. The normalized spacial score (nSPS) is 17.0. The second-order valence-corrected chi connectivity index (χ2v) is 8.34. The van der Waals surface area contributed by atoms with Crippen LogP contribution in [0.5, 0.6) is 0 Å². The average Bonchev–Trinajstić information content (AvgIpc) is 3.04. The summed E-state index contributed by atoms with van der Waals surface area (Å²) in [6, 6.07) is 17.8. The van der Waals surface area contributed by atoms with Gasteiger partial charge in [-0.15, -0.1) is 0 Å². The minimum absolute atomic E-state index is 0.181. The first-order chi connectivity index (χ1) is 12.0. The van der Waals surface area contributed by atoms with Gasteiger partial charge in [0.2, 0.25) is 0 Å². The summed E-state index contributed by atoms with van der Waals surface area (Å²) in [7, 11) is 0. The van der Waals surface area contributed by atoms with Crippen molar-refractivity contribution in [2.24, 2.45) is 0 Å². The summed E-state index contributed by atoms with van der Waals surface area (Å²) in [4.78, 5) is 5.14. The molecule has 0 aliphatic heterocycles. The van der Waals surface area contributed by atoms with Gasteiger partial charge in [-0.3, -0.25) is 4.98 Å². The molecule has 0 amide bonds. The lowest BCUT2D eigenvalue weighted by Crippen LogP contribution is -2.10. The number of hydrogen-bond acceptors (Lipinski definition) is 1. The fraction of sp³-hybridized carbons (Fsp3) is 0.375. The zero-order chi connectivity index (χ0) is 17.6. The van der Waals surface area contributed by atoms with Crippen molar-refractivity contribution in [3.63, 3.8) is 0 Å². The van der Waals surface area contributed by atoms with E-state index in [9.17, 15) is 0 Å². The van der Waals surface area contributed by atoms with E-state index in [1.54, 1.807) is 0 Å². The Hall–Kier alpha value is -2.15. The molecule has 1 aromatic heterocycles. The average molecular weight is 329 g/mol. The van der Waals surface area contributed by atoms with Crippen molar-refractivity contribution in [3.05, 3.63) is 65.4 Å². The van der Waals surface area contributed by atoms with Gasteiger partial charge in [0, 0.05) is 16.6 Å². The first-order valence-corrected chi connectivity index (χ1v) is 9.51. The summed E-state index contributed by atoms with van der Waals surface area (Å²) in [5.74, 6) is 0.671. The van der Waals surface area contributed by atoms with Crippen molar-refractivity contribution >= 4 is 10.8 Å². The first kappa shape index (κ1) is 16.3. The second-order valence-electron chi connectivity index (χ2n) is 8.34. The van der Waals surface area contributed by atoms with Crippen LogP contribution in [0.15, 0.2) is 48.5 Å². The molecule has 1 heteroatoms. The van der Waals surface area contributed by atoms with Gasteiger partial charge in [0.25, 0.3) is 0 Å². The van der Waals surface area contributed by atoms with E-state index in [1.807, 2.05) is 0 Å². The molecule has 0 spiro atoms. The van der Waals surface area contributed by atoms with Crippen LogP contribution in [-0.4, -0.2) is 4.98 Å². The van der Waals surface area contributed by atoms with Gasteiger partial charge in [-0.2, -0.15) is 0 Å². The van der Waals surface area contributed by atoms with Crippen LogP contribution in [0.2, 0.25) is 0 Å². The van der Waals surface area contributed by atoms with Gasteiger partial charge in [0.15, 0.2) is 0 Å². The van der Waals surface area contributed by atoms with Gasteiger partial charge < -0.3 is 0 Å². The summed E-state index contributed by atoms with van der Waals surface area (Å²) in [5, 5.41) is 2.71. The Morgan fingerprint density at radius 3 is 2.28 bits per heavy atom. The van der Waals surface area contributed by atoms with Gasteiger partial charge in [-0.05, 0) is 47.1 Å². The van der Waals surface area contributed by atoms with Crippen LogP contribution in [0.1, 0.15) is 63.3 Å². The standard InChI is InChI=1S/C24H27N/c1-5-16-12-15-21-22(16)19-8-6-7-9-20(19)23(25-21)17-10-13-18(14-11-17)24(2,3)4/h6-11,13-14,16H,5,12,15H2,1-4H3. The van der Waals surface area contributed by atoms with Crippen LogP contribution in [0.25, 0.3) is 22.0 Å². The number of rotatable bonds is 2. The molecule has 0 radical (unpaired) electrons. The predicted octanol–water partition coefficient (Wildman–Crippen LogP) is 6.64. The number of nitrogens with zero attached hydrogens (tertiary/aromatic N) is 1. The molecule has 1 unspecified atom stereocenters. The smallest absolute Gasteiger partial charge is 0.0783 e. The van der Waals surface area contributed by atoms with E-state index in [0.29, 0.717) is 5.92 Å². The molecule has 4 rings (SSSR count). The highest BCUT2D eigenvalue weighted by Gasteiger charge is 2.26. The van der Waals surface area contributed by atoms with Crippen molar-refractivity contribution in [2.45, 2.75) is 58.3 Å². The van der Waals surface area contributed by atoms with E-state index < -0.39 is 0 Å². The molecule has 1 heterocycles. The minimum atomic E-state index is 0.181. The second kappa shape index (κ2) is 5.98. The Bertz CT molecular complexity index is 913. The summed E-state index contributed by atoms with van der Waals surface area (Å²) < 4.78 is 0. The molecule has 0 fully saturated rings. The number of pyridine rings is 1. The molecule has 0 bridgehead atoms. The molecule has 25 heavy (non-hydrogen) atoms. The molecule has 1 atom stereocenters. The van der Waals surface area contributed by atoms with E-state index in [1.165, 1.54) is 46.0 Å². The molecule has 2 aromatic carbocycles. The summed E-state index contributed by atoms with van der Waals surface area (Å²) in [6.45, 7) is 9.08. The molecule has 1 aliphatic rings. The third-order valence-electron chi connectivity index (χ3n) is 5.69. The van der Waals surface area contributed by atoms with Gasteiger partial charge in [0.1, 0.15) is 0 Å². The monoisotopic (exact) mass is 329 g/mol. The van der Waals surface area contributed by atoms with Crippen LogP contribution < -0.4 is 0 Å². The van der Waals surface area contributed by atoms with Gasteiger partial charge in [-0.1, -0.05) is 76.2 Å². The summed E-state index contributed by atoms with van der Waals surface area (Å²) >= 11 is 0. The maximum Gasteiger partial charge on any atom is 0.0783 e. The van der Waals surface area contributed by atoms with E-state index in [2.05, 4.69) is 76.2 Å². The lowest BCUT2D eigenvalue weighted by molar-refractivity contribution is 0.590. The predicted molar refractivity (Wildman–Crippen MR) is 107 cm³/mol. The lowest BCUT2D eigenvalue weighted by atomic mass is 9.86. The molecule has 0 saturated heterocycles. The van der Waals surface area contributed by atoms with E-state index in [-0.39, 0.29) is 5.41 Å². The summed E-state index contributed by atoms with van der Waals surface area (Å²) in [5.41, 5.74) is 6.75. The fourth-order valence-electron chi connectivity index (χ4n) is 4.19. The Kier molecular flexibility index (Phi) is 3.91. The maximum absolute atomic E-state index is 5.14. The number of aromatic nitrogens is 1. The summed E-state index contributed by atoms with van der Waals surface area (Å²) in [6.07, 6.45) is 3.57. The quantitative estimate of drug-likeness (QED) is 0.513. The number of benzene rings is 2. The van der Waals surface area contributed by atoms with Gasteiger partial charge in [-0.25, -0.2) is 0 Å². The third-order valence-corrected chi connectivity index (χ3v) is 5.69. The Morgan fingerprint density at radius 2 is 1.64 bits per heavy atom. The Morgan fingerprint density at radius 1 is 0.960 bits per heavy atom. The number of hydrogen-bond donors (Lipinski definition) is 0. The highest BCUT2D eigenvalue weighted by Crippen LogP contribution is 2.42. The number of aryl methyl sites for hydroxylation is 1. The highest BCUT2D eigenvalue weighted by molar-refractivity contribution is 5.97. The molecular formula is C24H27N. The topological polar surface area (TPSA) is 12.9 Å². The van der Waals surface area contributed by atoms with E-state index >= 15 is 0 Å². The fourth-order valence-corrected chi connectivity index (χ4v) is 4.19. The van der Waals surface area contributed by atoms with Gasteiger partial charge in [0.05, 0.1) is 5.69 Å². The zero-order valence-corrected chi connectivity index (χ0v) is 15.8. The van der Waals surface area contributed by atoms with Crippen molar-refractivity contribution in [1.82, 2.24) is 4.98 Å². The van der Waals surface area contributed by atoms with Crippen LogP contribution in [0.3, 0.4) is 0 Å². The van der Waals surface area contributed by atoms with E-state index in [4.69, 9.17) is 4.98 Å². The van der Waals surface area contributed by atoms with Crippen LogP contribution in [0, 0.1) is 0 Å². The highest BCUT2D eigenvalue weighted by atomic mass is 14.7. The first-order valence-electron chi connectivity index (χ1n) is 9.51. The molecule has 0 N–H and O–H groups in total. The zero-order valence-electron chi connectivity index (χ0n) is 15.8. The lowest BCUT2D eigenvalue weighted by Gasteiger charge is -2.19. The minimum Gasteiger partial charge on any atom is -0.252 e. The van der Waals surface area contributed by atoms with Crippen molar-refractivity contribution in [2.75, 3.05) is 0 Å². The Balaban J connectivity index is 1.91. The molecule has 1 nitrogen and oxygen atoms in total. The van der Waals surface area contributed by atoms with Crippen LogP contribution in [-0.2, 0) is 11.8 Å². The van der Waals surface area contributed by atoms with Crippen molar-refractivity contribution in [1.29, 1.82) is 0 Å². The van der Waals surface area contributed by atoms with Gasteiger partial charge >= 0.3 is 0 Å². The van der Waals surface area contributed by atoms with Crippen LogP contribution in [0.4, 0.5) is 0 Å². The number of fused-ring (bicyclic) bond motifs is 3. The molecule has 1 aliphatic carbocycles. The van der Waals surface area contributed by atoms with Crippen molar-refractivity contribution < 1.29 is 0 Å². The maximum atomic E-state index is 5.14. The van der Waals surface area contributed by atoms with Crippen LogP contribution >= 0.6 is 0 Å². The molecule has 0 saturated carbocycles. The largest absolute Gasteiger partial charge is 0.252 e. The SMILES string of the molecule is CCC1CCc2nc(-c3ccc(C(C)(C)C)cc3)c3ccccc3c21. The van der Waals surface area contributed by atoms with E-state index in [0.717, 1.165) is 12.1 Å².